The molecule has 0 amide bonds. The van der Waals surface area contributed by atoms with E-state index in [1.54, 1.807) is 0 Å². The summed E-state index contributed by atoms with van der Waals surface area (Å²) in [7, 11) is 1.18. The molecule has 7 heteroatoms. The minimum Gasteiger partial charge on any atom is -0.466 e. The van der Waals surface area contributed by atoms with Crippen molar-refractivity contribution in [3.05, 3.63) is 35.4 Å². The second-order valence-electron chi connectivity index (χ2n) is 3.32. The first-order valence-electron chi connectivity index (χ1n) is 4.96. The number of hydrogen-bond donors (Lipinski definition) is 0. The summed E-state index contributed by atoms with van der Waals surface area (Å²) in [5.74, 6) is -1.22. The number of carbonyl (C=O) groups is 2. The van der Waals surface area contributed by atoms with E-state index in [-0.39, 0.29) is 11.8 Å². The fraction of sp³-hybridized carbons (Fsp3) is 0.167. The monoisotopic (exact) mass is 274 g/mol. The molecule has 1 rings (SSSR count). The molecule has 0 heterocycles. The Kier molecular flexibility index (Phi) is 4.68. The molecular weight excluding hydrogens is 265 g/mol. The fourth-order valence-electron chi connectivity index (χ4n) is 1.21. The van der Waals surface area contributed by atoms with E-state index in [9.17, 15) is 22.8 Å². The van der Waals surface area contributed by atoms with Crippen molar-refractivity contribution in [2.75, 3.05) is 7.11 Å². The smallest absolute Gasteiger partial charge is 0.466 e. The van der Waals surface area contributed by atoms with Crippen LogP contribution in [-0.2, 0) is 9.53 Å². The molecule has 0 N–H and O–H groups in total. The summed E-state index contributed by atoms with van der Waals surface area (Å²) in [6, 6.07) is 3.43. The number of alkyl halides is 3. The molecule has 0 bridgehead atoms. The predicted octanol–water partition coefficient (Wildman–Crippen LogP) is 2.58. The Morgan fingerprint density at radius 2 is 2.00 bits per heavy atom. The van der Waals surface area contributed by atoms with Crippen molar-refractivity contribution in [1.82, 2.24) is 0 Å². The molecule has 0 unspecified atom stereocenters. The van der Waals surface area contributed by atoms with Gasteiger partial charge in [-0.1, -0.05) is 6.07 Å². The highest BCUT2D eigenvalue weighted by atomic mass is 19.4. The van der Waals surface area contributed by atoms with Gasteiger partial charge in [-0.3, -0.25) is 4.79 Å². The number of aldehydes is 1. The molecular formula is C12H9F3O4. The average molecular weight is 274 g/mol. The average Bonchev–Trinajstić information content (AvgIpc) is 2.35. The molecule has 0 aromatic heterocycles. The Morgan fingerprint density at radius 3 is 2.53 bits per heavy atom. The van der Waals surface area contributed by atoms with Crippen molar-refractivity contribution in [2.24, 2.45) is 0 Å². The number of methoxy groups -OCH3 is 1. The summed E-state index contributed by atoms with van der Waals surface area (Å²) in [6.07, 6.45) is -2.26. The second-order valence-corrected chi connectivity index (χ2v) is 3.32. The molecule has 0 aliphatic heterocycles. The van der Waals surface area contributed by atoms with Crippen molar-refractivity contribution >= 4 is 18.3 Å². The lowest BCUT2D eigenvalue weighted by atomic mass is 10.1. The van der Waals surface area contributed by atoms with E-state index in [0.717, 1.165) is 18.2 Å². The first-order valence-corrected chi connectivity index (χ1v) is 4.96. The van der Waals surface area contributed by atoms with Crippen molar-refractivity contribution in [3.8, 4) is 5.75 Å². The Morgan fingerprint density at radius 1 is 1.32 bits per heavy atom. The molecule has 0 aliphatic carbocycles. The Labute approximate surface area is 106 Å². The maximum absolute atomic E-state index is 12.0. The lowest BCUT2D eigenvalue weighted by molar-refractivity contribution is -0.274. The van der Waals surface area contributed by atoms with Gasteiger partial charge in [0, 0.05) is 6.08 Å². The summed E-state index contributed by atoms with van der Waals surface area (Å²) < 4.78 is 44.2. The summed E-state index contributed by atoms with van der Waals surface area (Å²) in [5.41, 5.74) is 0.0892. The summed E-state index contributed by atoms with van der Waals surface area (Å²) in [5, 5.41) is 0. The highest BCUT2D eigenvalue weighted by Crippen LogP contribution is 2.26. The van der Waals surface area contributed by atoms with Gasteiger partial charge < -0.3 is 9.47 Å². The Bertz CT molecular complexity index is 506. The van der Waals surface area contributed by atoms with Crippen LogP contribution < -0.4 is 4.74 Å². The zero-order chi connectivity index (χ0) is 14.5. The number of benzene rings is 1. The van der Waals surface area contributed by atoms with Crippen LogP contribution in [0.1, 0.15) is 15.9 Å². The molecule has 4 nitrogen and oxygen atoms in total. The van der Waals surface area contributed by atoms with Gasteiger partial charge >= 0.3 is 12.3 Å². The van der Waals surface area contributed by atoms with E-state index in [2.05, 4.69) is 9.47 Å². The van der Waals surface area contributed by atoms with Gasteiger partial charge in [-0.15, -0.1) is 13.2 Å². The minimum atomic E-state index is -4.87. The van der Waals surface area contributed by atoms with E-state index in [1.807, 2.05) is 0 Å². The van der Waals surface area contributed by atoms with Crippen molar-refractivity contribution in [1.29, 1.82) is 0 Å². The van der Waals surface area contributed by atoms with Crippen LogP contribution in [0.2, 0.25) is 0 Å². The van der Waals surface area contributed by atoms with Crippen molar-refractivity contribution < 1.29 is 32.2 Å². The van der Waals surface area contributed by atoms with Crippen LogP contribution in [0.3, 0.4) is 0 Å². The van der Waals surface area contributed by atoms with E-state index in [1.165, 1.54) is 19.3 Å². The maximum atomic E-state index is 12.0. The molecule has 0 atom stereocenters. The molecule has 0 aliphatic rings. The molecule has 0 fully saturated rings. The van der Waals surface area contributed by atoms with Gasteiger partial charge in [0.15, 0.2) is 6.29 Å². The molecule has 0 saturated carbocycles. The first kappa shape index (κ1) is 14.7. The quantitative estimate of drug-likeness (QED) is 0.481. The number of ether oxygens (including phenoxy) is 2. The van der Waals surface area contributed by atoms with Crippen molar-refractivity contribution in [3.63, 3.8) is 0 Å². The third-order valence-electron chi connectivity index (χ3n) is 2.00. The number of carbonyl (C=O) groups excluding carboxylic acids is 2. The van der Waals surface area contributed by atoms with Gasteiger partial charge in [-0.05, 0) is 23.8 Å². The minimum absolute atomic E-state index is 0.233. The Hall–Kier alpha value is -2.31. The lowest BCUT2D eigenvalue weighted by Gasteiger charge is -2.10. The summed E-state index contributed by atoms with van der Waals surface area (Å²) >= 11 is 0. The van der Waals surface area contributed by atoms with Gasteiger partial charge in [0.2, 0.25) is 0 Å². The van der Waals surface area contributed by atoms with E-state index in [4.69, 9.17) is 0 Å². The van der Waals surface area contributed by atoms with Crippen LogP contribution in [0.25, 0.3) is 6.08 Å². The molecule has 0 saturated heterocycles. The van der Waals surface area contributed by atoms with Crippen LogP contribution >= 0.6 is 0 Å². The maximum Gasteiger partial charge on any atom is 0.573 e. The standard InChI is InChI=1S/C12H9F3O4/c1-18-11(17)5-3-8-2-4-10(9(6-8)7-16)19-12(13,14)15/h2-7H,1H3/b5-3+. The third kappa shape index (κ3) is 4.82. The van der Waals surface area contributed by atoms with Gasteiger partial charge in [0.25, 0.3) is 0 Å². The topological polar surface area (TPSA) is 52.6 Å². The second kappa shape index (κ2) is 6.03. The van der Waals surface area contributed by atoms with Gasteiger partial charge in [-0.25, -0.2) is 4.79 Å². The Balaban J connectivity index is 2.99. The normalized spacial score (nSPS) is 11.4. The van der Waals surface area contributed by atoms with Crippen LogP contribution in [0.5, 0.6) is 5.75 Å². The van der Waals surface area contributed by atoms with E-state index < -0.39 is 18.1 Å². The molecule has 19 heavy (non-hydrogen) atoms. The van der Waals surface area contributed by atoms with Crippen LogP contribution in [0, 0.1) is 0 Å². The van der Waals surface area contributed by atoms with Gasteiger partial charge in [0.05, 0.1) is 12.7 Å². The SMILES string of the molecule is COC(=O)/C=C/c1ccc(OC(F)(F)F)c(C=O)c1. The highest BCUT2D eigenvalue weighted by Gasteiger charge is 2.32. The largest absolute Gasteiger partial charge is 0.573 e. The number of hydrogen-bond acceptors (Lipinski definition) is 4. The molecule has 1 aromatic rings. The first-order chi connectivity index (χ1) is 8.85. The van der Waals surface area contributed by atoms with Crippen LogP contribution in [0.15, 0.2) is 24.3 Å². The summed E-state index contributed by atoms with van der Waals surface area (Å²) in [6.45, 7) is 0. The van der Waals surface area contributed by atoms with Crippen molar-refractivity contribution in [2.45, 2.75) is 6.36 Å². The predicted molar refractivity (Wildman–Crippen MR) is 59.6 cm³/mol. The van der Waals surface area contributed by atoms with Gasteiger partial charge in [-0.2, -0.15) is 0 Å². The van der Waals surface area contributed by atoms with Gasteiger partial charge in [0.1, 0.15) is 5.75 Å². The number of esters is 1. The van der Waals surface area contributed by atoms with Crippen LogP contribution in [0.4, 0.5) is 13.2 Å². The molecule has 1 aromatic carbocycles. The zero-order valence-electron chi connectivity index (χ0n) is 9.73. The fourth-order valence-corrected chi connectivity index (χ4v) is 1.21. The molecule has 0 spiro atoms. The van der Waals surface area contributed by atoms with E-state index in [0.29, 0.717) is 5.56 Å². The highest BCUT2D eigenvalue weighted by molar-refractivity contribution is 5.88. The zero-order valence-corrected chi connectivity index (χ0v) is 9.73. The summed E-state index contributed by atoms with van der Waals surface area (Å²) in [4.78, 5) is 21.5. The number of rotatable bonds is 4. The van der Waals surface area contributed by atoms with E-state index >= 15 is 0 Å². The number of halogens is 3. The molecule has 0 radical (unpaired) electrons. The van der Waals surface area contributed by atoms with Crippen LogP contribution in [-0.4, -0.2) is 25.7 Å². The third-order valence-corrected chi connectivity index (χ3v) is 2.00. The lowest BCUT2D eigenvalue weighted by Crippen LogP contribution is -2.18. The molecule has 102 valence electrons.